The molecule has 7 nitrogen and oxygen atoms in total. The fourth-order valence-electron chi connectivity index (χ4n) is 3.94. The van der Waals surface area contributed by atoms with Crippen molar-refractivity contribution in [2.45, 2.75) is 19.9 Å². The van der Waals surface area contributed by atoms with E-state index in [-0.39, 0.29) is 19.0 Å². The van der Waals surface area contributed by atoms with Gasteiger partial charge < -0.3 is 14.2 Å². The van der Waals surface area contributed by atoms with Crippen molar-refractivity contribution in [3.8, 4) is 11.5 Å². The van der Waals surface area contributed by atoms with E-state index in [9.17, 15) is 9.59 Å². The van der Waals surface area contributed by atoms with Crippen molar-refractivity contribution in [3.05, 3.63) is 89.0 Å². The van der Waals surface area contributed by atoms with E-state index in [1.165, 1.54) is 11.3 Å². The molecule has 33 heavy (non-hydrogen) atoms. The average Bonchev–Trinajstić information content (AvgIpc) is 3.37. The number of benzene rings is 2. The quantitative estimate of drug-likeness (QED) is 0.487. The maximum atomic E-state index is 13.6. The smallest absolute Gasteiger partial charge is 0.338 e. The van der Waals surface area contributed by atoms with Crippen LogP contribution in [-0.2, 0) is 9.53 Å². The third-order valence-electron chi connectivity index (χ3n) is 5.38. The number of allylic oxidation sites excluding steroid dienone is 1. The first-order chi connectivity index (χ1) is 16.0. The van der Waals surface area contributed by atoms with E-state index < -0.39 is 12.0 Å². The molecule has 168 valence electrons. The molecule has 3 heterocycles. The Labute approximate surface area is 201 Å². The highest BCUT2D eigenvalue weighted by Crippen LogP contribution is 2.38. The summed E-state index contributed by atoms with van der Waals surface area (Å²) in [4.78, 5) is 31.7. The third-order valence-corrected chi connectivity index (χ3v) is 6.85. The maximum absolute atomic E-state index is 13.6. The van der Waals surface area contributed by atoms with Crippen LogP contribution in [0.5, 0.6) is 11.5 Å². The highest BCUT2D eigenvalue weighted by atomic mass is 79.9. The Morgan fingerprint density at radius 2 is 2.09 bits per heavy atom. The molecule has 0 bridgehead atoms. The van der Waals surface area contributed by atoms with Crippen molar-refractivity contribution in [1.29, 1.82) is 0 Å². The summed E-state index contributed by atoms with van der Waals surface area (Å²) in [7, 11) is 0. The molecule has 2 aliphatic rings. The normalized spacial score (nSPS) is 17.1. The molecule has 0 fully saturated rings. The van der Waals surface area contributed by atoms with E-state index in [4.69, 9.17) is 14.2 Å². The number of esters is 1. The lowest BCUT2D eigenvalue weighted by Crippen LogP contribution is -2.39. The van der Waals surface area contributed by atoms with Gasteiger partial charge in [-0.2, -0.15) is 0 Å². The van der Waals surface area contributed by atoms with E-state index in [1.807, 2.05) is 36.4 Å². The minimum atomic E-state index is -0.695. The number of nitrogens with zero attached hydrogens (tertiary/aromatic N) is 2. The minimum absolute atomic E-state index is 0.133. The van der Waals surface area contributed by atoms with Crippen molar-refractivity contribution < 1.29 is 19.0 Å². The van der Waals surface area contributed by atoms with Gasteiger partial charge in [0.05, 0.1) is 28.5 Å². The predicted molar refractivity (Wildman–Crippen MR) is 127 cm³/mol. The van der Waals surface area contributed by atoms with Crippen molar-refractivity contribution in [3.63, 3.8) is 0 Å². The maximum Gasteiger partial charge on any atom is 0.338 e. The largest absolute Gasteiger partial charge is 0.463 e. The molecule has 3 aromatic rings. The van der Waals surface area contributed by atoms with Crippen LogP contribution in [0.15, 0.2) is 68.0 Å². The fourth-order valence-corrected chi connectivity index (χ4v) is 5.40. The van der Waals surface area contributed by atoms with E-state index in [1.54, 1.807) is 30.5 Å². The van der Waals surface area contributed by atoms with E-state index in [2.05, 4.69) is 20.9 Å². The molecule has 1 unspecified atom stereocenters. The second-order valence-corrected chi connectivity index (χ2v) is 9.39. The van der Waals surface area contributed by atoms with Crippen LogP contribution < -0.4 is 24.4 Å². The summed E-state index contributed by atoms with van der Waals surface area (Å²) in [5.74, 6) is 0.698. The van der Waals surface area contributed by atoms with Crippen LogP contribution >= 0.6 is 27.3 Å². The van der Waals surface area contributed by atoms with Crippen LogP contribution in [0.1, 0.15) is 31.0 Å². The van der Waals surface area contributed by atoms with Crippen molar-refractivity contribution in [1.82, 2.24) is 4.57 Å². The van der Waals surface area contributed by atoms with Crippen molar-refractivity contribution >= 4 is 39.3 Å². The molecule has 2 aromatic carbocycles. The molecule has 0 radical (unpaired) electrons. The van der Waals surface area contributed by atoms with E-state index in [0.717, 1.165) is 10.0 Å². The first kappa shape index (κ1) is 21.7. The zero-order valence-electron chi connectivity index (χ0n) is 17.8. The number of rotatable bonds is 4. The topological polar surface area (TPSA) is 79.1 Å². The highest BCUT2D eigenvalue weighted by molar-refractivity contribution is 9.10. The number of thiazole rings is 1. The number of aromatic nitrogens is 1. The summed E-state index contributed by atoms with van der Waals surface area (Å²) >= 11 is 4.75. The lowest BCUT2D eigenvalue weighted by Gasteiger charge is -2.24. The molecule has 5 rings (SSSR count). The molecular formula is C24H19BrN2O5S. The molecule has 1 atom stereocenters. The Morgan fingerprint density at radius 3 is 2.88 bits per heavy atom. The third kappa shape index (κ3) is 3.91. The Bertz CT molecular complexity index is 1490. The number of fused-ring (bicyclic) bond motifs is 2. The van der Waals surface area contributed by atoms with Gasteiger partial charge in [-0.05, 0) is 55.3 Å². The van der Waals surface area contributed by atoms with Gasteiger partial charge in [0.25, 0.3) is 5.56 Å². The number of carbonyl (C=O) groups is 1. The molecule has 0 saturated carbocycles. The van der Waals surface area contributed by atoms with Crippen LogP contribution in [-0.4, -0.2) is 23.9 Å². The van der Waals surface area contributed by atoms with E-state index >= 15 is 0 Å². The van der Waals surface area contributed by atoms with Crippen LogP contribution in [0.4, 0.5) is 0 Å². The summed E-state index contributed by atoms with van der Waals surface area (Å²) in [5.41, 5.74) is 2.22. The molecule has 0 saturated heterocycles. The number of hydrogen-bond acceptors (Lipinski definition) is 7. The van der Waals surface area contributed by atoms with Gasteiger partial charge in [0.15, 0.2) is 16.3 Å². The van der Waals surface area contributed by atoms with Gasteiger partial charge in [0.2, 0.25) is 6.79 Å². The number of carbonyl (C=O) groups excluding carboxylic acids is 1. The van der Waals surface area contributed by atoms with Crippen molar-refractivity contribution in [2.24, 2.45) is 4.99 Å². The number of halogens is 1. The van der Waals surface area contributed by atoms with Gasteiger partial charge in [-0.25, -0.2) is 9.79 Å². The lowest BCUT2D eigenvalue weighted by molar-refractivity contribution is -0.139. The zero-order chi connectivity index (χ0) is 23.1. The van der Waals surface area contributed by atoms with Gasteiger partial charge >= 0.3 is 5.97 Å². The minimum Gasteiger partial charge on any atom is -0.463 e. The summed E-state index contributed by atoms with van der Waals surface area (Å²) in [5, 5.41) is 0. The fraction of sp³-hybridized carbons (Fsp3) is 0.208. The molecule has 9 heteroatoms. The molecule has 0 aliphatic carbocycles. The summed E-state index contributed by atoms with van der Waals surface area (Å²) in [6.07, 6.45) is 1.83. The van der Waals surface area contributed by atoms with Gasteiger partial charge in [-0.15, -0.1) is 0 Å². The molecule has 0 N–H and O–H groups in total. The standard InChI is InChI=1S/C24H19BrN2O5S/c1-3-30-23(29)20-13(2)26-24-27(21(20)15-7-8-17-18(11-15)32-12-31-17)22(28)19(33-24)10-14-5-4-6-16(25)9-14/h4-11,21H,3,12H2,1-2H3/b19-10+. The van der Waals surface area contributed by atoms with Crippen LogP contribution in [0.3, 0.4) is 0 Å². The van der Waals surface area contributed by atoms with Gasteiger partial charge in [0, 0.05) is 4.47 Å². The Hall–Kier alpha value is -3.17. The molecule has 0 spiro atoms. The van der Waals surface area contributed by atoms with Gasteiger partial charge in [0.1, 0.15) is 0 Å². The zero-order valence-corrected chi connectivity index (χ0v) is 20.2. The number of hydrogen-bond donors (Lipinski definition) is 0. The summed E-state index contributed by atoms with van der Waals surface area (Å²) in [6, 6.07) is 12.4. The first-order valence-corrected chi connectivity index (χ1v) is 11.9. The molecule has 0 amide bonds. The van der Waals surface area contributed by atoms with Gasteiger partial charge in [-0.1, -0.05) is 45.5 Å². The SMILES string of the molecule is CCOC(=O)C1=C(C)N=c2s/c(=C/c3cccc(Br)c3)c(=O)n2C1c1ccc2c(c1)OCO2. The highest BCUT2D eigenvalue weighted by Gasteiger charge is 2.34. The average molecular weight is 527 g/mol. The second kappa shape index (κ2) is 8.64. The van der Waals surface area contributed by atoms with Crippen LogP contribution in [0, 0.1) is 0 Å². The Morgan fingerprint density at radius 1 is 1.27 bits per heavy atom. The molecular weight excluding hydrogens is 508 g/mol. The predicted octanol–water partition coefficient (Wildman–Crippen LogP) is 3.29. The van der Waals surface area contributed by atoms with Crippen LogP contribution in [0.2, 0.25) is 0 Å². The Balaban J connectivity index is 1.73. The number of ether oxygens (including phenoxy) is 3. The summed E-state index contributed by atoms with van der Waals surface area (Å²) in [6.45, 7) is 3.86. The molecule has 2 aliphatic heterocycles. The Kier molecular flexibility index (Phi) is 5.67. The van der Waals surface area contributed by atoms with Crippen LogP contribution in [0.25, 0.3) is 6.08 Å². The van der Waals surface area contributed by atoms with Gasteiger partial charge in [-0.3, -0.25) is 9.36 Å². The monoisotopic (exact) mass is 526 g/mol. The molecule has 1 aromatic heterocycles. The van der Waals surface area contributed by atoms with Crippen molar-refractivity contribution in [2.75, 3.05) is 13.4 Å². The summed E-state index contributed by atoms with van der Waals surface area (Å²) < 4.78 is 19.3. The second-order valence-electron chi connectivity index (χ2n) is 7.47. The van der Waals surface area contributed by atoms with E-state index in [0.29, 0.717) is 37.7 Å². The first-order valence-electron chi connectivity index (χ1n) is 10.3. The lowest BCUT2D eigenvalue weighted by atomic mass is 9.95.